The monoisotopic (exact) mass is 272 g/mol. The summed E-state index contributed by atoms with van der Waals surface area (Å²) in [5.74, 6) is 0. The van der Waals surface area contributed by atoms with Crippen molar-refractivity contribution in [1.82, 2.24) is 4.72 Å². The maximum Gasteiger partial charge on any atom is 0.240 e. The van der Waals surface area contributed by atoms with Gasteiger partial charge in [-0.25, -0.2) is 13.1 Å². The smallest absolute Gasteiger partial charge is 0.240 e. The maximum atomic E-state index is 12.0. The second-order valence-corrected chi connectivity index (χ2v) is 6.14. The highest BCUT2D eigenvalue weighted by Gasteiger charge is 2.16. The SMILES string of the molecule is Cc1ccc(C)c(S(=O)(=O)NCCC(N)=S)c1. The first kappa shape index (κ1) is 14.1. The molecule has 17 heavy (non-hydrogen) atoms. The van der Waals surface area contributed by atoms with Crippen LogP contribution in [0.15, 0.2) is 23.1 Å². The quantitative estimate of drug-likeness (QED) is 0.792. The molecule has 0 unspecified atom stereocenters. The van der Waals surface area contributed by atoms with E-state index in [0.717, 1.165) is 11.1 Å². The van der Waals surface area contributed by atoms with E-state index >= 15 is 0 Å². The third-order valence-corrected chi connectivity index (χ3v) is 4.10. The first-order chi connectivity index (χ1) is 7.83. The highest BCUT2D eigenvalue weighted by molar-refractivity contribution is 7.89. The van der Waals surface area contributed by atoms with E-state index < -0.39 is 10.0 Å². The molecule has 0 saturated carbocycles. The van der Waals surface area contributed by atoms with Gasteiger partial charge in [0.15, 0.2) is 0 Å². The molecule has 4 nitrogen and oxygen atoms in total. The molecule has 94 valence electrons. The van der Waals surface area contributed by atoms with Gasteiger partial charge in [-0.3, -0.25) is 0 Å². The van der Waals surface area contributed by atoms with Gasteiger partial charge in [-0.15, -0.1) is 0 Å². The van der Waals surface area contributed by atoms with Crippen LogP contribution in [0, 0.1) is 13.8 Å². The molecule has 0 aromatic heterocycles. The van der Waals surface area contributed by atoms with Crippen LogP contribution in [0.25, 0.3) is 0 Å². The highest BCUT2D eigenvalue weighted by atomic mass is 32.2. The van der Waals surface area contributed by atoms with Crippen molar-refractivity contribution in [3.05, 3.63) is 29.3 Å². The maximum absolute atomic E-state index is 12.0. The van der Waals surface area contributed by atoms with E-state index in [2.05, 4.69) is 4.72 Å². The third-order valence-electron chi connectivity index (χ3n) is 2.30. The van der Waals surface area contributed by atoms with Crippen molar-refractivity contribution in [1.29, 1.82) is 0 Å². The number of rotatable bonds is 5. The van der Waals surface area contributed by atoms with Gasteiger partial charge in [0.25, 0.3) is 0 Å². The molecular formula is C11H16N2O2S2. The van der Waals surface area contributed by atoms with Gasteiger partial charge in [-0.05, 0) is 31.0 Å². The minimum absolute atomic E-state index is 0.227. The number of benzene rings is 1. The summed E-state index contributed by atoms with van der Waals surface area (Å²) in [4.78, 5) is 0.606. The van der Waals surface area contributed by atoms with Gasteiger partial charge >= 0.3 is 0 Å². The molecule has 0 amide bonds. The predicted molar refractivity (Wildman–Crippen MR) is 72.5 cm³/mol. The molecule has 0 atom stereocenters. The minimum atomic E-state index is -3.47. The Morgan fingerprint density at radius 3 is 2.65 bits per heavy atom. The Balaban J connectivity index is 2.89. The predicted octanol–water partition coefficient (Wildman–Crippen LogP) is 1.26. The second-order valence-electron chi connectivity index (χ2n) is 3.88. The van der Waals surface area contributed by atoms with Crippen molar-refractivity contribution in [2.45, 2.75) is 25.2 Å². The van der Waals surface area contributed by atoms with Crippen molar-refractivity contribution < 1.29 is 8.42 Å². The van der Waals surface area contributed by atoms with Gasteiger partial charge in [0.05, 0.1) is 9.88 Å². The normalized spacial score (nSPS) is 11.4. The average molecular weight is 272 g/mol. The number of nitrogens with one attached hydrogen (secondary N) is 1. The third kappa shape index (κ3) is 4.07. The summed E-state index contributed by atoms with van der Waals surface area (Å²) in [6.07, 6.45) is 0.361. The Labute approximate surface area is 107 Å². The molecule has 0 saturated heterocycles. The zero-order chi connectivity index (χ0) is 13.1. The van der Waals surface area contributed by atoms with Crippen LogP contribution < -0.4 is 10.5 Å². The van der Waals surface area contributed by atoms with Crippen LogP contribution in [0.3, 0.4) is 0 Å². The summed E-state index contributed by atoms with van der Waals surface area (Å²) in [5.41, 5.74) is 6.94. The first-order valence-electron chi connectivity index (χ1n) is 5.18. The fraction of sp³-hybridized carbons (Fsp3) is 0.364. The van der Waals surface area contributed by atoms with Crippen molar-refractivity contribution in [2.24, 2.45) is 5.73 Å². The van der Waals surface area contributed by atoms with Crippen LogP contribution in [0.4, 0.5) is 0 Å². The molecule has 0 radical (unpaired) electrons. The van der Waals surface area contributed by atoms with Gasteiger partial charge in [0.2, 0.25) is 10.0 Å². The van der Waals surface area contributed by atoms with E-state index in [1.165, 1.54) is 0 Å². The number of sulfonamides is 1. The average Bonchev–Trinajstić information content (AvgIpc) is 2.20. The van der Waals surface area contributed by atoms with Gasteiger partial charge in [0, 0.05) is 13.0 Å². The molecule has 1 rings (SSSR count). The van der Waals surface area contributed by atoms with Crippen LogP contribution in [-0.4, -0.2) is 20.0 Å². The van der Waals surface area contributed by atoms with E-state index in [0.29, 0.717) is 16.3 Å². The molecule has 0 aliphatic carbocycles. The lowest BCUT2D eigenvalue weighted by Crippen LogP contribution is -2.28. The van der Waals surface area contributed by atoms with Gasteiger partial charge in [-0.1, -0.05) is 24.4 Å². The molecule has 0 bridgehead atoms. The minimum Gasteiger partial charge on any atom is -0.393 e. The van der Waals surface area contributed by atoms with E-state index in [1.807, 2.05) is 13.0 Å². The number of nitrogens with two attached hydrogens (primary N) is 1. The summed E-state index contributed by atoms with van der Waals surface area (Å²) >= 11 is 4.69. The largest absolute Gasteiger partial charge is 0.393 e. The Kier molecular flexibility index (Phi) is 4.62. The van der Waals surface area contributed by atoms with Gasteiger partial charge in [-0.2, -0.15) is 0 Å². The fourth-order valence-electron chi connectivity index (χ4n) is 1.38. The zero-order valence-electron chi connectivity index (χ0n) is 9.86. The lowest BCUT2D eigenvalue weighted by Gasteiger charge is -2.09. The molecule has 0 aliphatic rings. The van der Waals surface area contributed by atoms with Crippen molar-refractivity contribution in [2.75, 3.05) is 6.54 Å². The first-order valence-corrected chi connectivity index (χ1v) is 7.07. The molecular weight excluding hydrogens is 256 g/mol. The molecule has 6 heteroatoms. The Bertz CT molecular complexity index is 524. The van der Waals surface area contributed by atoms with Crippen molar-refractivity contribution >= 4 is 27.2 Å². The number of aryl methyl sites for hydroxylation is 2. The molecule has 1 aromatic rings. The second kappa shape index (κ2) is 5.57. The molecule has 0 heterocycles. The number of hydrogen-bond acceptors (Lipinski definition) is 3. The van der Waals surface area contributed by atoms with E-state index in [1.54, 1.807) is 19.1 Å². The molecule has 0 fully saturated rings. The van der Waals surface area contributed by atoms with Gasteiger partial charge in [0.1, 0.15) is 0 Å². The highest BCUT2D eigenvalue weighted by Crippen LogP contribution is 2.16. The van der Waals surface area contributed by atoms with Crippen LogP contribution >= 0.6 is 12.2 Å². The van der Waals surface area contributed by atoms with Crippen LogP contribution in [-0.2, 0) is 10.0 Å². The summed E-state index contributed by atoms with van der Waals surface area (Å²) in [6, 6.07) is 5.32. The topological polar surface area (TPSA) is 72.2 Å². The Morgan fingerprint density at radius 2 is 2.06 bits per heavy atom. The van der Waals surface area contributed by atoms with E-state index in [4.69, 9.17) is 18.0 Å². The number of hydrogen-bond donors (Lipinski definition) is 2. The molecule has 1 aromatic carbocycles. The fourth-order valence-corrected chi connectivity index (χ4v) is 2.84. The molecule has 0 aliphatic heterocycles. The lowest BCUT2D eigenvalue weighted by atomic mass is 10.2. The number of thiocarbonyl (C=S) groups is 1. The zero-order valence-corrected chi connectivity index (χ0v) is 11.5. The Hall–Kier alpha value is -0.980. The summed E-state index contributed by atoms with van der Waals surface area (Å²) < 4.78 is 26.5. The van der Waals surface area contributed by atoms with Crippen LogP contribution in [0.2, 0.25) is 0 Å². The summed E-state index contributed by atoms with van der Waals surface area (Å²) in [7, 11) is -3.47. The molecule has 3 N–H and O–H groups in total. The van der Waals surface area contributed by atoms with Crippen molar-refractivity contribution in [3.8, 4) is 0 Å². The van der Waals surface area contributed by atoms with Crippen LogP contribution in [0.5, 0.6) is 0 Å². The van der Waals surface area contributed by atoms with Gasteiger partial charge < -0.3 is 5.73 Å². The summed E-state index contributed by atoms with van der Waals surface area (Å²) in [5, 5.41) is 0. The Morgan fingerprint density at radius 1 is 1.41 bits per heavy atom. The standard InChI is InChI=1S/C11H16N2O2S2/c1-8-3-4-9(2)10(7-8)17(14,15)13-6-5-11(12)16/h3-4,7,13H,5-6H2,1-2H3,(H2,12,16). The van der Waals surface area contributed by atoms with Crippen molar-refractivity contribution in [3.63, 3.8) is 0 Å². The molecule has 0 spiro atoms. The van der Waals surface area contributed by atoms with E-state index in [9.17, 15) is 8.42 Å². The van der Waals surface area contributed by atoms with E-state index in [-0.39, 0.29) is 6.54 Å². The lowest BCUT2D eigenvalue weighted by molar-refractivity contribution is 0.582. The summed E-state index contributed by atoms with van der Waals surface area (Å²) in [6.45, 7) is 3.85. The van der Waals surface area contributed by atoms with Crippen LogP contribution in [0.1, 0.15) is 17.5 Å².